The van der Waals surface area contributed by atoms with E-state index < -0.39 is 37.6 Å². The number of esters is 1. The van der Waals surface area contributed by atoms with Gasteiger partial charge in [0.2, 0.25) is 8.32 Å². The molecule has 1 heterocycles. The van der Waals surface area contributed by atoms with E-state index in [-0.39, 0.29) is 29.3 Å². The zero-order valence-corrected chi connectivity index (χ0v) is 18.6. The van der Waals surface area contributed by atoms with Crippen molar-refractivity contribution in [3.8, 4) is 0 Å². The van der Waals surface area contributed by atoms with Crippen LogP contribution >= 0.6 is 0 Å². The highest BCUT2D eigenvalue weighted by molar-refractivity contribution is 6.74. The molecule has 3 aliphatic rings. The summed E-state index contributed by atoms with van der Waals surface area (Å²) in [7, 11) is -2.01. The number of hydrogen-bond acceptors (Lipinski definition) is 6. The number of carbonyl (C=O) groups excluding carboxylic acids is 2. The number of carbonyl (C=O) groups is 2. The number of ether oxygens (including phenoxy) is 3. The zero-order chi connectivity index (χ0) is 20.4. The Morgan fingerprint density at radius 3 is 2.44 bits per heavy atom. The highest BCUT2D eigenvalue weighted by Crippen LogP contribution is 2.70. The van der Waals surface area contributed by atoms with Crippen molar-refractivity contribution in [3.05, 3.63) is 12.3 Å². The second-order valence-corrected chi connectivity index (χ2v) is 14.5. The Hall–Kier alpha value is -1.18. The Labute approximate surface area is 162 Å². The van der Waals surface area contributed by atoms with Gasteiger partial charge in [-0.05, 0) is 45.0 Å². The van der Waals surface area contributed by atoms with Crippen molar-refractivity contribution in [2.24, 2.45) is 17.3 Å². The first-order chi connectivity index (χ1) is 12.3. The molecule has 0 aromatic carbocycles. The highest BCUT2D eigenvalue weighted by atomic mass is 28.4. The maximum Gasteiger partial charge on any atom is 0.317 e. The minimum absolute atomic E-state index is 0.0429. The van der Waals surface area contributed by atoms with Crippen molar-refractivity contribution >= 4 is 20.1 Å². The number of ketones is 1. The Balaban J connectivity index is 1.86. The van der Waals surface area contributed by atoms with Crippen LogP contribution in [0.25, 0.3) is 0 Å². The molecular formula is C20H32O6Si. The molecule has 0 amide bonds. The molecule has 27 heavy (non-hydrogen) atoms. The lowest BCUT2D eigenvalue weighted by molar-refractivity contribution is -0.160. The van der Waals surface area contributed by atoms with Crippen molar-refractivity contribution < 1.29 is 28.2 Å². The molecule has 0 spiro atoms. The van der Waals surface area contributed by atoms with Crippen LogP contribution in [-0.2, 0) is 28.2 Å². The summed E-state index contributed by atoms with van der Waals surface area (Å²) in [6.07, 6.45) is 2.35. The van der Waals surface area contributed by atoms with Crippen LogP contribution in [-0.4, -0.2) is 44.7 Å². The summed E-state index contributed by atoms with van der Waals surface area (Å²) in [5.74, 6) is -1.98. The van der Waals surface area contributed by atoms with E-state index in [4.69, 9.17) is 18.6 Å². The molecule has 3 fully saturated rings. The molecule has 1 aliphatic heterocycles. The van der Waals surface area contributed by atoms with Crippen LogP contribution in [0.4, 0.5) is 0 Å². The highest BCUT2D eigenvalue weighted by Gasteiger charge is 2.82. The van der Waals surface area contributed by atoms with Crippen molar-refractivity contribution in [3.63, 3.8) is 0 Å². The van der Waals surface area contributed by atoms with Gasteiger partial charge in [-0.1, -0.05) is 20.8 Å². The van der Waals surface area contributed by atoms with Crippen LogP contribution in [0.3, 0.4) is 0 Å². The first kappa shape index (κ1) is 20.5. The maximum atomic E-state index is 12.9. The van der Waals surface area contributed by atoms with Crippen LogP contribution in [0.2, 0.25) is 18.1 Å². The molecule has 0 aromatic heterocycles. The molecule has 0 unspecified atom stereocenters. The van der Waals surface area contributed by atoms with Gasteiger partial charge in [0.05, 0.1) is 19.0 Å². The van der Waals surface area contributed by atoms with E-state index in [9.17, 15) is 9.59 Å². The normalized spacial score (nSPS) is 37.3. The van der Waals surface area contributed by atoms with Gasteiger partial charge in [0.1, 0.15) is 11.5 Å². The average molecular weight is 397 g/mol. The van der Waals surface area contributed by atoms with Gasteiger partial charge >= 0.3 is 5.97 Å². The van der Waals surface area contributed by atoms with E-state index in [1.54, 1.807) is 33.1 Å². The standard InChI is InChI=1S/C20H32O6Si/c1-9-23-17(22)20(10-11-24-27(7,8)18(2,3)4)12-13(20)15-16(14(12)21)26-19(5,6)25-15/h10-13,15-16H,9H2,1-8H3/b11-10+/t12-,13+,15-,16+,20+/m0/s1. The minimum Gasteiger partial charge on any atom is -0.549 e. The van der Waals surface area contributed by atoms with Crippen LogP contribution in [0.1, 0.15) is 41.5 Å². The lowest BCUT2D eigenvalue weighted by Gasteiger charge is -2.35. The third kappa shape index (κ3) is 3.08. The Bertz CT molecular complexity index is 676. The number of fused-ring (bicyclic) bond motifs is 3. The fraction of sp³-hybridized carbons (Fsp3) is 0.800. The molecule has 5 atom stereocenters. The number of rotatable bonds is 5. The van der Waals surface area contributed by atoms with Crippen molar-refractivity contribution in [1.29, 1.82) is 0 Å². The summed E-state index contributed by atoms with van der Waals surface area (Å²) >= 11 is 0. The number of hydrogen-bond donors (Lipinski definition) is 0. The van der Waals surface area contributed by atoms with Crippen LogP contribution in [0.15, 0.2) is 12.3 Å². The van der Waals surface area contributed by atoms with Crippen LogP contribution in [0.5, 0.6) is 0 Å². The van der Waals surface area contributed by atoms with Crippen molar-refractivity contribution in [1.82, 2.24) is 0 Å². The monoisotopic (exact) mass is 396 g/mol. The maximum absolute atomic E-state index is 12.9. The summed E-state index contributed by atoms with van der Waals surface area (Å²) < 4.78 is 23.2. The topological polar surface area (TPSA) is 71.1 Å². The van der Waals surface area contributed by atoms with Crippen LogP contribution < -0.4 is 0 Å². The minimum atomic E-state index is -2.01. The first-order valence-electron chi connectivity index (χ1n) is 9.70. The molecular weight excluding hydrogens is 364 g/mol. The third-order valence-electron chi connectivity index (χ3n) is 6.53. The molecule has 2 aliphatic carbocycles. The molecule has 0 aromatic rings. The average Bonchev–Trinajstić information content (AvgIpc) is 2.96. The van der Waals surface area contributed by atoms with E-state index in [1.807, 2.05) is 0 Å². The molecule has 3 rings (SSSR count). The van der Waals surface area contributed by atoms with Gasteiger partial charge < -0.3 is 18.6 Å². The molecule has 6 nitrogen and oxygen atoms in total. The molecule has 152 valence electrons. The van der Waals surface area contributed by atoms with Crippen molar-refractivity contribution in [2.75, 3.05) is 6.61 Å². The smallest absolute Gasteiger partial charge is 0.317 e. The van der Waals surface area contributed by atoms with Gasteiger partial charge in [-0.3, -0.25) is 9.59 Å². The molecule has 0 radical (unpaired) electrons. The van der Waals surface area contributed by atoms with Gasteiger partial charge in [-0.2, -0.15) is 0 Å². The predicted octanol–water partition coefficient (Wildman–Crippen LogP) is 3.42. The van der Waals surface area contributed by atoms with E-state index in [0.717, 1.165) is 0 Å². The number of Topliss-reactive ketones (excluding diaryl/α,β-unsaturated/α-hetero) is 1. The van der Waals surface area contributed by atoms with Gasteiger partial charge in [0.15, 0.2) is 11.6 Å². The fourth-order valence-corrected chi connectivity index (χ4v) is 4.81. The Morgan fingerprint density at radius 1 is 1.26 bits per heavy atom. The molecule has 7 heteroatoms. The molecule has 0 N–H and O–H groups in total. The third-order valence-corrected chi connectivity index (χ3v) is 10.9. The lowest BCUT2D eigenvalue weighted by atomic mass is 9.92. The van der Waals surface area contributed by atoms with Gasteiger partial charge in [-0.15, -0.1) is 0 Å². The van der Waals surface area contributed by atoms with Gasteiger partial charge in [0, 0.05) is 11.8 Å². The van der Waals surface area contributed by atoms with Crippen molar-refractivity contribution in [2.45, 2.75) is 77.7 Å². The molecule has 1 saturated heterocycles. The molecule has 2 saturated carbocycles. The molecule has 0 bridgehead atoms. The summed E-state index contributed by atoms with van der Waals surface area (Å²) in [5, 5.41) is 0.0429. The largest absolute Gasteiger partial charge is 0.549 e. The van der Waals surface area contributed by atoms with E-state index in [2.05, 4.69) is 33.9 Å². The quantitative estimate of drug-likeness (QED) is 0.403. The van der Waals surface area contributed by atoms with E-state index >= 15 is 0 Å². The summed E-state index contributed by atoms with van der Waals surface area (Å²) in [6, 6.07) is 0. The second kappa shape index (κ2) is 6.16. The fourth-order valence-electron chi connectivity index (χ4n) is 4.05. The summed E-state index contributed by atoms with van der Waals surface area (Å²) in [6.45, 7) is 16.3. The summed E-state index contributed by atoms with van der Waals surface area (Å²) in [5.41, 5.74) is -1.000. The Morgan fingerprint density at radius 2 is 1.89 bits per heavy atom. The zero-order valence-electron chi connectivity index (χ0n) is 17.6. The predicted molar refractivity (Wildman–Crippen MR) is 102 cm³/mol. The summed E-state index contributed by atoms with van der Waals surface area (Å²) in [4.78, 5) is 25.7. The lowest BCUT2D eigenvalue weighted by Crippen LogP contribution is -2.39. The SMILES string of the molecule is CCOC(=O)[C@@]1(/C=C/O[Si](C)(C)C(C)(C)C)[C@H]2[C@@H]3OC(C)(C)O[C@@H]3C(=O)[C@H]21. The Kier molecular flexibility index (Phi) is 4.69. The van der Waals surface area contributed by atoms with E-state index in [1.165, 1.54) is 0 Å². The van der Waals surface area contributed by atoms with E-state index in [0.29, 0.717) is 0 Å². The van der Waals surface area contributed by atoms with Gasteiger partial charge in [-0.25, -0.2) is 0 Å². The van der Waals surface area contributed by atoms with Gasteiger partial charge in [0.25, 0.3) is 0 Å². The second-order valence-electron chi connectivity index (χ2n) is 9.76. The van der Waals surface area contributed by atoms with Crippen LogP contribution in [0, 0.1) is 17.3 Å². The first-order valence-corrected chi connectivity index (χ1v) is 12.6.